The van der Waals surface area contributed by atoms with Crippen molar-refractivity contribution in [3.8, 4) is 0 Å². The van der Waals surface area contributed by atoms with Gasteiger partial charge < -0.3 is 5.11 Å². The summed E-state index contributed by atoms with van der Waals surface area (Å²) in [4.78, 5) is 11.9. The van der Waals surface area contributed by atoms with E-state index in [2.05, 4.69) is 39.0 Å². The number of carboxylic acid groups (broad SMARTS) is 1. The molecule has 3 heteroatoms. The molecular formula is C20H28CuO2. The molecule has 1 fully saturated rings. The van der Waals surface area contributed by atoms with Gasteiger partial charge >= 0.3 is 5.97 Å². The third kappa shape index (κ3) is 2.76. The molecule has 3 atom stereocenters. The standard InChI is InChI=1S/C20H28O2.Cu/c1-13(2)14-6-8-16-15(12-14)7-9-17-19(16,3)10-5-11-20(17,4)18(21)22;/h6,8,12-13,17H,5,7,9-11H2,1-4H3,(H,21,22);. The second kappa shape index (κ2) is 6.26. The predicted octanol–water partition coefficient (Wildman–Crippen LogP) is 4.90. The van der Waals surface area contributed by atoms with Crippen molar-refractivity contribution >= 4 is 5.97 Å². The van der Waals surface area contributed by atoms with Gasteiger partial charge in [-0.3, -0.25) is 4.79 Å². The Morgan fingerprint density at radius 1 is 1.26 bits per heavy atom. The zero-order valence-electron chi connectivity index (χ0n) is 14.6. The molecule has 0 amide bonds. The van der Waals surface area contributed by atoms with Crippen LogP contribution in [0, 0.1) is 11.3 Å². The van der Waals surface area contributed by atoms with Crippen LogP contribution in [-0.4, -0.2) is 11.1 Å². The molecule has 1 saturated carbocycles. The van der Waals surface area contributed by atoms with Gasteiger partial charge in [-0.2, -0.15) is 0 Å². The number of hydrogen-bond acceptors (Lipinski definition) is 1. The van der Waals surface area contributed by atoms with Crippen molar-refractivity contribution < 1.29 is 27.0 Å². The molecule has 0 aromatic heterocycles. The first kappa shape index (κ1) is 18.5. The molecule has 0 spiro atoms. The van der Waals surface area contributed by atoms with Gasteiger partial charge in [-0.05, 0) is 66.5 Å². The molecule has 2 aliphatic rings. The van der Waals surface area contributed by atoms with Crippen LogP contribution in [0.15, 0.2) is 18.2 Å². The minimum Gasteiger partial charge on any atom is -0.481 e. The maximum absolute atomic E-state index is 11.9. The fourth-order valence-electron chi connectivity index (χ4n) is 5.13. The molecule has 0 saturated heterocycles. The summed E-state index contributed by atoms with van der Waals surface area (Å²) in [6.45, 7) is 8.75. The predicted molar refractivity (Wildman–Crippen MR) is 89.3 cm³/mol. The van der Waals surface area contributed by atoms with E-state index in [0.29, 0.717) is 5.92 Å². The molecule has 0 heterocycles. The van der Waals surface area contributed by atoms with Crippen molar-refractivity contribution in [1.82, 2.24) is 0 Å². The van der Waals surface area contributed by atoms with Crippen LogP contribution in [0.4, 0.5) is 0 Å². The first-order valence-electron chi connectivity index (χ1n) is 8.66. The third-order valence-corrected chi connectivity index (χ3v) is 6.53. The van der Waals surface area contributed by atoms with Gasteiger partial charge in [0.05, 0.1) is 5.41 Å². The van der Waals surface area contributed by atoms with E-state index >= 15 is 0 Å². The monoisotopic (exact) mass is 363 g/mol. The number of carboxylic acids is 1. The molecule has 1 radical (unpaired) electrons. The summed E-state index contributed by atoms with van der Waals surface area (Å²) >= 11 is 0. The summed E-state index contributed by atoms with van der Waals surface area (Å²) in [6.07, 6.45) is 4.99. The number of aryl methyl sites for hydroxylation is 1. The molecule has 1 N–H and O–H groups in total. The molecule has 23 heavy (non-hydrogen) atoms. The van der Waals surface area contributed by atoms with Crippen LogP contribution in [0.2, 0.25) is 0 Å². The molecular weight excluding hydrogens is 336 g/mol. The topological polar surface area (TPSA) is 37.3 Å². The summed E-state index contributed by atoms with van der Waals surface area (Å²) in [7, 11) is 0. The normalized spacial score (nSPS) is 32.7. The number of fused-ring (bicyclic) bond motifs is 3. The first-order valence-corrected chi connectivity index (χ1v) is 8.66. The van der Waals surface area contributed by atoms with Crippen LogP contribution in [0.5, 0.6) is 0 Å². The third-order valence-electron chi connectivity index (χ3n) is 6.53. The smallest absolute Gasteiger partial charge is 0.309 e. The molecule has 0 bridgehead atoms. The molecule has 3 rings (SSSR count). The number of hydrogen-bond donors (Lipinski definition) is 1. The Morgan fingerprint density at radius 3 is 2.57 bits per heavy atom. The summed E-state index contributed by atoms with van der Waals surface area (Å²) in [5, 5.41) is 9.82. The molecule has 3 unspecified atom stereocenters. The summed E-state index contributed by atoms with van der Waals surface area (Å²) in [5.41, 5.74) is 3.73. The van der Waals surface area contributed by atoms with E-state index in [9.17, 15) is 9.90 Å². The molecule has 1 aromatic rings. The van der Waals surface area contributed by atoms with E-state index in [4.69, 9.17) is 0 Å². The average Bonchev–Trinajstić information content (AvgIpc) is 2.46. The minimum atomic E-state index is -0.606. The Hall–Kier alpha value is -0.791. The number of aliphatic carboxylic acids is 1. The molecule has 131 valence electrons. The van der Waals surface area contributed by atoms with E-state index < -0.39 is 11.4 Å². The number of rotatable bonds is 2. The van der Waals surface area contributed by atoms with Gasteiger partial charge in [0.1, 0.15) is 0 Å². The molecule has 2 nitrogen and oxygen atoms in total. The fraction of sp³-hybridized carbons (Fsp3) is 0.650. The van der Waals surface area contributed by atoms with E-state index in [1.54, 1.807) is 0 Å². The molecule has 0 aliphatic heterocycles. The van der Waals surface area contributed by atoms with Gasteiger partial charge in [-0.15, -0.1) is 0 Å². The Balaban J connectivity index is 0.00000192. The second-order valence-corrected chi connectivity index (χ2v) is 8.16. The van der Waals surface area contributed by atoms with Crippen molar-refractivity contribution in [2.24, 2.45) is 11.3 Å². The van der Waals surface area contributed by atoms with Crippen molar-refractivity contribution in [2.75, 3.05) is 0 Å². The van der Waals surface area contributed by atoms with Gasteiger partial charge in [-0.25, -0.2) is 0 Å². The van der Waals surface area contributed by atoms with E-state index in [0.717, 1.165) is 32.1 Å². The zero-order valence-corrected chi connectivity index (χ0v) is 15.5. The number of carbonyl (C=O) groups is 1. The van der Waals surface area contributed by atoms with Crippen LogP contribution in [0.3, 0.4) is 0 Å². The maximum atomic E-state index is 11.9. The van der Waals surface area contributed by atoms with E-state index in [1.807, 2.05) is 6.92 Å². The average molecular weight is 364 g/mol. The van der Waals surface area contributed by atoms with Crippen LogP contribution in [-0.2, 0) is 33.7 Å². The quantitative estimate of drug-likeness (QED) is 0.758. The maximum Gasteiger partial charge on any atom is 0.309 e. The van der Waals surface area contributed by atoms with Gasteiger partial charge in [0.15, 0.2) is 0 Å². The Labute approximate surface area is 150 Å². The largest absolute Gasteiger partial charge is 0.481 e. The van der Waals surface area contributed by atoms with Crippen molar-refractivity contribution in [3.63, 3.8) is 0 Å². The van der Waals surface area contributed by atoms with Gasteiger partial charge in [-0.1, -0.05) is 45.4 Å². The van der Waals surface area contributed by atoms with Crippen LogP contribution in [0.25, 0.3) is 0 Å². The molecule has 2 aliphatic carbocycles. The van der Waals surface area contributed by atoms with Crippen LogP contribution < -0.4 is 0 Å². The summed E-state index contributed by atoms with van der Waals surface area (Å²) < 4.78 is 0. The second-order valence-electron chi connectivity index (χ2n) is 8.16. The number of benzene rings is 1. The van der Waals surface area contributed by atoms with E-state index in [-0.39, 0.29) is 28.4 Å². The Kier molecular flexibility index (Phi) is 5.05. The SMILES string of the molecule is CC(C)c1ccc2c(c1)CCC1C(C)(C(=O)O)CCCC21C.[Cu]. The Bertz CT molecular complexity index is 610. The van der Waals surface area contributed by atoms with Gasteiger partial charge in [0, 0.05) is 17.1 Å². The van der Waals surface area contributed by atoms with Crippen molar-refractivity contribution in [2.45, 2.75) is 71.1 Å². The van der Waals surface area contributed by atoms with Crippen LogP contribution in [0.1, 0.15) is 76.0 Å². The van der Waals surface area contributed by atoms with Gasteiger partial charge in [0.25, 0.3) is 0 Å². The van der Waals surface area contributed by atoms with E-state index in [1.165, 1.54) is 16.7 Å². The molecule has 1 aromatic carbocycles. The summed E-state index contributed by atoms with van der Waals surface area (Å²) in [6, 6.07) is 6.92. The Morgan fingerprint density at radius 2 is 1.96 bits per heavy atom. The minimum absolute atomic E-state index is 0. The van der Waals surface area contributed by atoms with Crippen molar-refractivity contribution in [1.29, 1.82) is 0 Å². The van der Waals surface area contributed by atoms with Crippen molar-refractivity contribution in [3.05, 3.63) is 34.9 Å². The zero-order chi connectivity index (χ0) is 16.1. The first-order chi connectivity index (χ1) is 10.3. The van der Waals surface area contributed by atoms with Crippen LogP contribution >= 0.6 is 0 Å². The van der Waals surface area contributed by atoms with Gasteiger partial charge in [0.2, 0.25) is 0 Å². The fourth-order valence-corrected chi connectivity index (χ4v) is 5.13. The summed E-state index contributed by atoms with van der Waals surface area (Å²) in [5.74, 6) is 0.195.